The molecule has 1 heterocycles. The van der Waals surface area contributed by atoms with Crippen molar-refractivity contribution in [1.82, 2.24) is 14.8 Å². The number of rotatable bonds is 7. The highest BCUT2D eigenvalue weighted by Crippen LogP contribution is 2.38. The molecule has 32 heavy (non-hydrogen) atoms. The smallest absolute Gasteiger partial charge is 0.366 e. The molecular formula is C19H18F6N6O. The Morgan fingerprint density at radius 3 is 2.16 bits per heavy atom. The number of aromatic nitrogens is 3. The van der Waals surface area contributed by atoms with Crippen LogP contribution in [0.2, 0.25) is 0 Å². The Balaban J connectivity index is 2.50. The minimum absolute atomic E-state index is 0.00723. The molecule has 1 aromatic carbocycles. The molecule has 2 atom stereocenters. The van der Waals surface area contributed by atoms with Gasteiger partial charge in [-0.3, -0.25) is 14.8 Å². The van der Waals surface area contributed by atoms with E-state index in [2.05, 4.69) is 26.8 Å². The average molecular weight is 460 g/mol. The van der Waals surface area contributed by atoms with E-state index in [1.54, 1.807) is 13.8 Å². The van der Waals surface area contributed by atoms with Crippen LogP contribution < -0.4 is 5.73 Å². The minimum Gasteiger partial charge on any atom is -0.366 e. The highest BCUT2D eigenvalue weighted by molar-refractivity contribution is 5.95. The molecule has 1 aromatic heterocycles. The Hall–Kier alpha value is -3.51. The molecule has 0 aliphatic carbocycles. The van der Waals surface area contributed by atoms with Gasteiger partial charge in [-0.05, 0) is 31.8 Å². The van der Waals surface area contributed by atoms with Gasteiger partial charge in [-0.2, -0.15) is 26.3 Å². The summed E-state index contributed by atoms with van der Waals surface area (Å²) in [6.07, 6.45) is -6.62. The normalized spacial score (nSPS) is 15.1. The first-order valence-electron chi connectivity index (χ1n) is 8.94. The van der Waals surface area contributed by atoms with E-state index in [1.165, 1.54) is 12.5 Å². The molecule has 0 radical (unpaired) electrons. The van der Waals surface area contributed by atoms with Gasteiger partial charge < -0.3 is 5.73 Å². The van der Waals surface area contributed by atoms with Gasteiger partial charge in [0.05, 0.1) is 17.2 Å². The molecule has 2 unspecified atom stereocenters. The molecule has 0 fully saturated rings. The van der Waals surface area contributed by atoms with Gasteiger partial charge in [0.15, 0.2) is 5.82 Å². The zero-order valence-electron chi connectivity index (χ0n) is 16.8. The van der Waals surface area contributed by atoms with Crippen molar-refractivity contribution in [2.75, 3.05) is 0 Å². The van der Waals surface area contributed by atoms with Gasteiger partial charge in [-0.1, -0.05) is 6.92 Å². The molecule has 0 saturated carbocycles. The number of nitrogens with two attached hydrogens (primary N) is 1. The van der Waals surface area contributed by atoms with Crippen LogP contribution in [0.15, 0.2) is 40.1 Å². The van der Waals surface area contributed by atoms with E-state index in [4.69, 9.17) is 5.73 Å². The Bertz CT molecular complexity index is 1020. The number of primary amides is 1. The molecule has 7 nitrogen and oxygen atoms in total. The summed E-state index contributed by atoms with van der Waals surface area (Å²) in [4.78, 5) is 23.1. The molecule has 2 rings (SSSR count). The van der Waals surface area contributed by atoms with E-state index in [1.807, 2.05) is 0 Å². The lowest BCUT2D eigenvalue weighted by molar-refractivity contribution is -0.143. The highest BCUT2D eigenvalue weighted by Gasteiger charge is 2.37. The zero-order valence-corrected chi connectivity index (χ0v) is 16.8. The summed E-state index contributed by atoms with van der Waals surface area (Å²) in [5, 5.41) is 3.87. The predicted molar refractivity (Wildman–Crippen MR) is 106 cm³/mol. The number of alkyl halides is 6. The first-order chi connectivity index (χ1) is 14.7. The van der Waals surface area contributed by atoms with Crippen molar-refractivity contribution >= 4 is 25.2 Å². The van der Waals surface area contributed by atoms with Crippen LogP contribution in [-0.2, 0) is 17.1 Å². The fourth-order valence-corrected chi connectivity index (χ4v) is 2.64. The van der Waals surface area contributed by atoms with Gasteiger partial charge in [-0.15, -0.1) is 5.10 Å². The number of nitrogens with zero attached hydrogens (tertiary/aromatic N) is 5. The van der Waals surface area contributed by atoms with E-state index >= 15 is 0 Å². The van der Waals surface area contributed by atoms with Crippen LogP contribution in [-0.4, -0.2) is 39.8 Å². The molecule has 2 aromatic rings. The third-order valence-corrected chi connectivity index (χ3v) is 4.51. The number of amides is 1. The number of hydrogen-bond donors (Lipinski definition) is 1. The van der Waals surface area contributed by atoms with Crippen LogP contribution in [0, 0.1) is 5.92 Å². The van der Waals surface area contributed by atoms with Crippen molar-refractivity contribution in [3.05, 3.63) is 41.2 Å². The number of halogens is 6. The van der Waals surface area contributed by atoms with Gasteiger partial charge in [0.25, 0.3) is 0 Å². The van der Waals surface area contributed by atoms with E-state index < -0.39 is 52.7 Å². The number of aliphatic imine (C=N–C) groups is 2. The van der Waals surface area contributed by atoms with Crippen LogP contribution in [0.3, 0.4) is 0 Å². The highest BCUT2D eigenvalue weighted by atomic mass is 19.4. The van der Waals surface area contributed by atoms with Gasteiger partial charge in [0.2, 0.25) is 5.91 Å². The molecule has 13 heteroatoms. The van der Waals surface area contributed by atoms with Gasteiger partial charge in [0.1, 0.15) is 12.7 Å². The summed E-state index contributed by atoms with van der Waals surface area (Å²) in [6, 6.07) is 0.581. The summed E-state index contributed by atoms with van der Waals surface area (Å²) >= 11 is 0. The van der Waals surface area contributed by atoms with Gasteiger partial charge in [0, 0.05) is 23.3 Å². The fraction of sp³-hybridized carbons (Fsp3) is 0.316. The van der Waals surface area contributed by atoms with Crippen LogP contribution >= 0.6 is 0 Å². The van der Waals surface area contributed by atoms with E-state index in [9.17, 15) is 31.1 Å². The summed E-state index contributed by atoms with van der Waals surface area (Å²) in [5.41, 5.74) is 1.96. The topological polar surface area (TPSA) is 98.5 Å². The third kappa shape index (κ3) is 6.02. The molecule has 0 aliphatic heterocycles. The van der Waals surface area contributed by atoms with Crippen molar-refractivity contribution in [3.8, 4) is 11.4 Å². The molecule has 0 bridgehead atoms. The molecule has 0 aliphatic rings. The van der Waals surface area contributed by atoms with Crippen molar-refractivity contribution in [1.29, 1.82) is 0 Å². The average Bonchev–Trinajstić information content (AvgIpc) is 3.16. The molecular weight excluding hydrogens is 442 g/mol. The van der Waals surface area contributed by atoms with Crippen molar-refractivity contribution < 1.29 is 31.1 Å². The second kappa shape index (κ2) is 9.32. The summed E-state index contributed by atoms with van der Waals surface area (Å²) in [7, 11) is 0. The Morgan fingerprint density at radius 2 is 1.69 bits per heavy atom. The first kappa shape index (κ1) is 24.8. The van der Waals surface area contributed by atoms with Crippen molar-refractivity contribution in [3.63, 3.8) is 0 Å². The van der Waals surface area contributed by atoms with E-state index in [-0.39, 0.29) is 11.6 Å². The first-order valence-corrected chi connectivity index (χ1v) is 8.94. The van der Waals surface area contributed by atoms with Crippen molar-refractivity contribution in [2.24, 2.45) is 21.6 Å². The lowest BCUT2D eigenvalue weighted by Crippen LogP contribution is -2.25. The van der Waals surface area contributed by atoms with Crippen LogP contribution in [0.1, 0.15) is 25.0 Å². The largest absolute Gasteiger partial charge is 0.416 e. The number of carbonyl (C=O) groups excluding carboxylic acids is 1. The monoisotopic (exact) mass is 460 g/mol. The predicted octanol–water partition coefficient (Wildman–Crippen LogP) is 4.06. The van der Waals surface area contributed by atoms with Crippen LogP contribution in [0.25, 0.3) is 17.6 Å². The minimum atomic E-state index is -5.01. The quantitative estimate of drug-likeness (QED) is 0.292. The summed E-state index contributed by atoms with van der Waals surface area (Å²) < 4.78 is 79.4. The molecule has 0 saturated heterocycles. The summed E-state index contributed by atoms with van der Waals surface area (Å²) in [5.74, 6) is -1.75. The molecule has 1 amide bonds. The third-order valence-electron chi connectivity index (χ3n) is 4.51. The second-order valence-corrected chi connectivity index (χ2v) is 6.77. The molecule has 2 N–H and O–H groups in total. The standard InChI is InChI=1S/C19H18F6N6O/c1-10(11(2)28-8-27-3)15(16(26)32)7-31-9-29-17(30-31)12-4-13(18(20,21)22)6-14(5-12)19(23,24)25/h4-11H,3H2,1-2H3,(H2,26,32)/b15-7+,28-8-. The van der Waals surface area contributed by atoms with E-state index in [0.29, 0.717) is 12.1 Å². The Morgan fingerprint density at radius 1 is 1.12 bits per heavy atom. The number of carbonyl (C=O) groups is 1. The Labute approximate surface area is 178 Å². The zero-order chi connectivity index (χ0) is 24.3. The maximum Gasteiger partial charge on any atom is 0.416 e. The fourth-order valence-electron chi connectivity index (χ4n) is 2.64. The lowest BCUT2D eigenvalue weighted by Gasteiger charge is -2.17. The maximum atomic E-state index is 13.1. The molecule has 0 spiro atoms. The SMILES string of the molecule is C=N/C=N\C(C)C(C)/C(=C\n1cnc(-c2cc(C(F)(F)F)cc(C(F)(F)F)c2)n1)C(N)=O. The lowest BCUT2D eigenvalue weighted by atomic mass is 9.95. The maximum absolute atomic E-state index is 13.1. The van der Waals surface area contributed by atoms with Crippen molar-refractivity contribution in [2.45, 2.75) is 32.2 Å². The van der Waals surface area contributed by atoms with Crippen LogP contribution in [0.4, 0.5) is 26.3 Å². The molecule has 172 valence electrons. The second-order valence-electron chi connectivity index (χ2n) is 6.77. The van der Waals surface area contributed by atoms with Gasteiger partial charge in [-0.25, -0.2) is 9.67 Å². The van der Waals surface area contributed by atoms with E-state index in [0.717, 1.165) is 11.0 Å². The van der Waals surface area contributed by atoms with Gasteiger partial charge >= 0.3 is 12.4 Å². The summed E-state index contributed by atoms with van der Waals surface area (Å²) in [6.45, 7) is 6.56. The Kier molecular flexibility index (Phi) is 7.21. The van der Waals surface area contributed by atoms with Crippen LogP contribution in [0.5, 0.6) is 0 Å². The number of hydrogen-bond acceptors (Lipinski definition) is 4. The number of benzene rings is 1.